The van der Waals surface area contributed by atoms with Gasteiger partial charge in [-0.25, -0.2) is 8.42 Å². The van der Waals surface area contributed by atoms with Crippen LogP contribution >= 0.6 is 12.2 Å². The van der Waals surface area contributed by atoms with E-state index in [0.717, 1.165) is 11.8 Å². The van der Waals surface area contributed by atoms with Crippen molar-refractivity contribution in [2.24, 2.45) is 0 Å². The van der Waals surface area contributed by atoms with Gasteiger partial charge in [0.05, 0.1) is 14.3 Å². The van der Waals surface area contributed by atoms with Crippen molar-refractivity contribution < 1.29 is 8.42 Å². The Morgan fingerprint density at radius 1 is 0.929 bits per heavy atom. The third-order valence-electron chi connectivity index (χ3n) is 4.78. The minimum absolute atomic E-state index is 0.546. The smallest absolute Gasteiger partial charge is 0.229 e. The lowest BCUT2D eigenvalue weighted by Gasteiger charge is -2.21. The van der Waals surface area contributed by atoms with Crippen molar-refractivity contribution in [2.75, 3.05) is 11.0 Å². The maximum absolute atomic E-state index is 11.2. The number of hydrogen-bond donors (Lipinski definition) is 3. The molecule has 2 rings (SSSR count). The Bertz CT molecular complexity index is 896. The fraction of sp³-hybridized carbons (Fsp3) is 0.350. The molecule has 0 aliphatic rings. The number of nitrogens with one attached hydrogen (secondary N) is 3. The first kappa shape index (κ1) is 22.4. The van der Waals surface area contributed by atoms with E-state index in [0.29, 0.717) is 23.9 Å². The summed E-state index contributed by atoms with van der Waals surface area (Å²) in [7, 11) is -4.54. The van der Waals surface area contributed by atoms with Crippen LogP contribution in [0.25, 0.3) is 0 Å². The largest absolute Gasteiger partial charge is 0.359 e. The van der Waals surface area contributed by atoms with E-state index in [4.69, 9.17) is 12.2 Å². The number of rotatable bonds is 8. The molecule has 152 valence electrons. The van der Waals surface area contributed by atoms with Crippen LogP contribution in [0.2, 0.25) is 19.1 Å². The van der Waals surface area contributed by atoms with Gasteiger partial charge in [-0.2, -0.15) is 0 Å². The van der Waals surface area contributed by atoms with Crippen LogP contribution in [0.5, 0.6) is 0 Å². The molecule has 0 bridgehead atoms. The van der Waals surface area contributed by atoms with E-state index in [1.54, 1.807) is 12.1 Å². The van der Waals surface area contributed by atoms with Crippen LogP contribution < -0.4 is 20.5 Å². The second kappa shape index (κ2) is 9.53. The molecule has 0 aliphatic heterocycles. The second-order valence-corrected chi connectivity index (χ2v) is 14.8. The molecule has 5 nitrogen and oxygen atoms in total. The lowest BCUT2D eigenvalue weighted by Crippen LogP contribution is -2.40. The van der Waals surface area contributed by atoms with Gasteiger partial charge in [-0.1, -0.05) is 67.6 Å². The van der Waals surface area contributed by atoms with Gasteiger partial charge in [0, 0.05) is 18.8 Å². The summed E-state index contributed by atoms with van der Waals surface area (Å²) in [5.41, 5.74) is 2.76. The highest BCUT2D eigenvalue weighted by Gasteiger charge is 2.20. The molecule has 0 spiro atoms. The highest BCUT2D eigenvalue weighted by molar-refractivity contribution is 7.92. The molecule has 0 radical (unpaired) electrons. The molecule has 28 heavy (non-hydrogen) atoms. The maximum Gasteiger partial charge on any atom is 0.229 e. The molecule has 0 saturated carbocycles. The summed E-state index contributed by atoms with van der Waals surface area (Å²) >= 11 is 5.35. The molecule has 0 aromatic heterocycles. The highest BCUT2D eigenvalue weighted by atomic mass is 32.2. The summed E-state index contributed by atoms with van der Waals surface area (Å²) < 4.78 is 24.9. The van der Waals surface area contributed by atoms with E-state index < -0.39 is 18.1 Å². The third kappa shape index (κ3) is 7.25. The van der Waals surface area contributed by atoms with E-state index in [1.165, 1.54) is 16.8 Å². The Morgan fingerprint density at radius 3 is 1.82 bits per heavy atom. The van der Waals surface area contributed by atoms with E-state index in [9.17, 15) is 8.42 Å². The summed E-state index contributed by atoms with van der Waals surface area (Å²) in [6.45, 7) is 8.30. The van der Waals surface area contributed by atoms with E-state index in [-0.39, 0.29) is 0 Å². The summed E-state index contributed by atoms with van der Waals surface area (Å²) in [5, 5.41) is 8.46. The van der Waals surface area contributed by atoms with Gasteiger partial charge in [-0.15, -0.1) is 0 Å². The van der Waals surface area contributed by atoms with Gasteiger partial charge in [-0.05, 0) is 35.5 Å². The zero-order valence-electron chi connectivity index (χ0n) is 16.9. The Morgan fingerprint density at radius 2 is 1.39 bits per heavy atom. The number of hydrogen-bond acceptors (Lipinski definition) is 3. The van der Waals surface area contributed by atoms with E-state index >= 15 is 0 Å². The lowest BCUT2D eigenvalue weighted by atomic mass is 10.2. The van der Waals surface area contributed by atoms with Crippen molar-refractivity contribution in [3.8, 4) is 0 Å². The average molecular weight is 436 g/mol. The lowest BCUT2D eigenvalue weighted by molar-refractivity contribution is 0.607. The predicted molar refractivity (Wildman–Crippen MR) is 125 cm³/mol. The Balaban J connectivity index is 1.80. The molecule has 0 saturated heterocycles. The van der Waals surface area contributed by atoms with Gasteiger partial charge in [-0.3, -0.25) is 4.72 Å². The summed E-state index contributed by atoms with van der Waals surface area (Å²) in [4.78, 5) is 0. The third-order valence-corrected chi connectivity index (χ3v) is 9.34. The number of thiocarbonyl (C=S) groups is 1. The predicted octanol–water partition coefficient (Wildman–Crippen LogP) is 3.16. The SMILES string of the molecule is CC[Si](C)(C)c1ccc(CNC(=S)NCc2ccc(NS(C)(=O)=O)cc2)cc1. The number of sulfonamides is 1. The molecule has 0 aliphatic carbocycles. The van der Waals surface area contributed by atoms with E-state index in [2.05, 4.69) is 59.6 Å². The Kier molecular flexibility index (Phi) is 7.62. The normalized spacial score (nSPS) is 11.7. The molecule has 2 aromatic carbocycles. The Labute approximate surface area is 175 Å². The van der Waals surface area contributed by atoms with Gasteiger partial charge in [0.1, 0.15) is 0 Å². The maximum atomic E-state index is 11.2. The van der Waals surface area contributed by atoms with Gasteiger partial charge in [0.25, 0.3) is 0 Å². The van der Waals surface area contributed by atoms with Crippen LogP contribution in [0, 0.1) is 0 Å². The van der Waals surface area contributed by atoms with Crippen molar-refractivity contribution >= 4 is 46.3 Å². The fourth-order valence-electron chi connectivity index (χ4n) is 2.61. The zero-order chi connectivity index (χ0) is 20.8. The van der Waals surface area contributed by atoms with Crippen molar-refractivity contribution in [1.29, 1.82) is 0 Å². The van der Waals surface area contributed by atoms with Crippen LogP contribution in [0.1, 0.15) is 18.1 Å². The standard InChI is InChI=1S/C20H29N3O2S2Si/c1-5-28(3,4)19-12-8-17(9-13-19)15-22-20(26)21-14-16-6-10-18(11-7-16)23-27(2,24)25/h6-13,23H,5,14-15H2,1-4H3,(H2,21,22,26). The first-order valence-corrected chi connectivity index (χ1v) is 14.8. The molecule has 0 atom stereocenters. The molecule has 8 heteroatoms. The first-order chi connectivity index (χ1) is 13.1. The van der Waals surface area contributed by atoms with Crippen LogP contribution in [0.3, 0.4) is 0 Å². The molecule has 0 amide bonds. The highest BCUT2D eigenvalue weighted by Crippen LogP contribution is 2.11. The van der Waals surface area contributed by atoms with Gasteiger partial charge in [0.15, 0.2) is 5.11 Å². The topological polar surface area (TPSA) is 70.2 Å². The van der Waals surface area contributed by atoms with Crippen molar-refractivity contribution in [3.05, 3.63) is 59.7 Å². The minimum atomic E-state index is -3.26. The Hall–Kier alpha value is -1.90. The van der Waals surface area contributed by atoms with E-state index in [1.807, 2.05) is 12.1 Å². The van der Waals surface area contributed by atoms with Gasteiger partial charge < -0.3 is 10.6 Å². The molecule has 2 aromatic rings. The first-order valence-electron chi connectivity index (χ1n) is 9.27. The summed E-state index contributed by atoms with van der Waals surface area (Å²) in [6.07, 6.45) is 1.13. The van der Waals surface area contributed by atoms with Crippen molar-refractivity contribution in [2.45, 2.75) is 39.2 Å². The van der Waals surface area contributed by atoms with Crippen LogP contribution in [-0.2, 0) is 23.1 Å². The number of benzene rings is 2. The van der Waals surface area contributed by atoms with Gasteiger partial charge >= 0.3 is 0 Å². The van der Waals surface area contributed by atoms with Crippen molar-refractivity contribution in [1.82, 2.24) is 10.6 Å². The monoisotopic (exact) mass is 435 g/mol. The minimum Gasteiger partial charge on any atom is -0.359 e. The average Bonchev–Trinajstić information content (AvgIpc) is 2.65. The molecule has 0 fully saturated rings. The molecule has 0 heterocycles. The summed E-state index contributed by atoms with van der Waals surface area (Å²) in [5.74, 6) is 0. The van der Waals surface area contributed by atoms with Crippen LogP contribution in [0.15, 0.2) is 48.5 Å². The molecule has 0 unspecified atom stereocenters. The molecular formula is C20H29N3O2S2Si. The van der Waals surface area contributed by atoms with Crippen molar-refractivity contribution in [3.63, 3.8) is 0 Å². The summed E-state index contributed by atoms with van der Waals surface area (Å²) in [6, 6.07) is 17.3. The number of anilines is 1. The van der Waals surface area contributed by atoms with Crippen LogP contribution in [0.4, 0.5) is 5.69 Å². The van der Waals surface area contributed by atoms with Gasteiger partial charge in [0.2, 0.25) is 10.0 Å². The van der Waals surface area contributed by atoms with Crippen LogP contribution in [-0.4, -0.2) is 27.9 Å². The quantitative estimate of drug-likeness (QED) is 0.439. The fourth-order valence-corrected chi connectivity index (χ4v) is 4.80. The second-order valence-electron chi connectivity index (χ2n) is 7.54. The molecular weight excluding hydrogens is 406 g/mol. The molecule has 3 N–H and O–H groups in total. The zero-order valence-corrected chi connectivity index (χ0v) is 19.5.